The smallest absolute Gasteiger partial charge is 0.254 e. The first-order valence-electron chi connectivity index (χ1n) is 7.74. The van der Waals surface area contributed by atoms with E-state index in [-0.39, 0.29) is 24.5 Å². The number of amides is 1. The lowest BCUT2D eigenvalue weighted by atomic mass is 9.75. The molecule has 2 heterocycles. The summed E-state index contributed by atoms with van der Waals surface area (Å²) in [5, 5.41) is 14.2. The summed E-state index contributed by atoms with van der Waals surface area (Å²) in [6.45, 7) is 0.0872. The van der Waals surface area contributed by atoms with Crippen LogP contribution in [-0.4, -0.2) is 40.1 Å². The fraction of sp³-hybridized carbons (Fsp3) is 0.562. The Balaban J connectivity index is 1.83. The van der Waals surface area contributed by atoms with Gasteiger partial charge < -0.3 is 10.0 Å². The first-order valence-corrected chi connectivity index (χ1v) is 7.74. The standard InChI is InChI=1S/C16H20N4O2/c17-19-18-11-16(22)9-13-7-4-8-14(10-16)20(13)15(21)12-5-2-1-3-6-12/h1-3,5-6,13-14,22H,4,7-11H2/t13-,14+,16?. The molecular weight excluding hydrogens is 280 g/mol. The maximum absolute atomic E-state index is 12.8. The van der Waals surface area contributed by atoms with Gasteiger partial charge in [-0.3, -0.25) is 4.79 Å². The highest BCUT2D eigenvalue weighted by molar-refractivity contribution is 5.94. The van der Waals surface area contributed by atoms with Crippen LogP contribution in [-0.2, 0) is 0 Å². The van der Waals surface area contributed by atoms with Gasteiger partial charge in [0.2, 0.25) is 0 Å². The van der Waals surface area contributed by atoms with Gasteiger partial charge in [-0.2, -0.15) is 0 Å². The quantitative estimate of drug-likeness (QED) is 0.528. The number of benzene rings is 1. The van der Waals surface area contributed by atoms with Gasteiger partial charge in [0.15, 0.2) is 0 Å². The molecule has 1 aromatic rings. The van der Waals surface area contributed by atoms with Crippen LogP contribution in [0.15, 0.2) is 35.4 Å². The van der Waals surface area contributed by atoms with Crippen molar-refractivity contribution >= 4 is 5.91 Å². The minimum absolute atomic E-state index is 0.0269. The third-order valence-electron chi connectivity index (χ3n) is 4.78. The Morgan fingerprint density at radius 3 is 2.55 bits per heavy atom. The van der Waals surface area contributed by atoms with Crippen molar-refractivity contribution in [3.8, 4) is 0 Å². The molecule has 0 aromatic heterocycles. The van der Waals surface area contributed by atoms with Gasteiger partial charge >= 0.3 is 0 Å². The molecule has 2 aliphatic rings. The maximum Gasteiger partial charge on any atom is 0.254 e. The molecule has 116 valence electrons. The average Bonchev–Trinajstić information content (AvgIpc) is 2.52. The van der Waals surface area contributed by atoms with Crippen molar-refractivity contribution < 1.29 is 9.90 Å². The zero-order chi connectivity index (χ0) is 15.6. The molecule has 1 amide bonds. The lowest BCUT2D eigenvalue weighted by molar-refractivity contribution is -0.0725. The normalized spacial score (nSPS) is 30.5. The van der Waals surface area contributed by atoms with Crippen molar-refractivity contribution in [2.45, 2.75) is 49.8 Å². The minimum atomic E-state index is -0.977. The molecular formula is C16H20N4O2. The summed E-state index contributed by atoms with van der Waals surface area (Å²) in [6.07, 6.45) is 3.84. The van der Waals surface area contributed by atoms with Crippen LogP contribution in [0, 0.1) is 0 Å². The van der Waals surface area contributed by atoms with Crippen LogP contribution >= 0.6 is 0 Å². The van der Waals surface area contributed by atoms with Crippen molar-refractivity contribution in [2.75, 3.05) is 6.54 Å². The monoisotopic (exact) mass is 300 g/mol. The second kappa shape index (κ2) is 5.99. The average molecular weight is 300 g/mol. The largest absolute Gasteiger partial charge is 0.390 e. The van der Waals surface area contributed by atoms with Gasteiger partial charge in [-0.1, -0.05) is 23.3 Å². The fourth-order valence-corrected chi connectivity index (χ4v) is 3.88. The van der Waals surface area contributed by atoms with E-state index in [2.05, 4.69) is 10.0 Å². The second-order valence-corrected chi connectivity index (χ2v) is 6.34. The van der Waals surface area contributed by atoms with E-state index in [9.17, 15) is 9.90 Å². The number of piperidine rings is 2. The molecule has 3 atom stereocenters. The van der Waals surface area contributed by atoms with Gasteiger partial charge in [-0.15, -0.1) is 0 Å². The molecule has 0 spiro atoms. The molecule has 3 rings (SSSR count). The Labute approximate surface area is 129 Å². The van der Waals surface area contributed by atoms with Crippen LogP contribution in [0.2, 0.25) is 0 Å². The fourth-order valence-electron chi connectivity index (χ4n) is 3.88. The molecule has 6 heteroatoms. The van der Waals surface area contributed by atoms with E-state index in [0.717, 1.165) is 19.3 Å². The van der Waals surface area contributed by atoms with Crippen molar-refractivity contribution in [1.29, 1.82) is 0 Å². The molecule has 2 fully saturated rings. The number of hydrogen-bond acceptors (Lipinski definition) is 3. The number of carbonyl (C=O) groups excluding carboxylic acids is 1. The zero-order valence-electron chi connectivity index (χ0n) is 12.4. The highest BCUT2D eigenvalue weighted by atomic mass is 16.3. The predicted molar refractivity (Wildman–Crippen MR) is 82.2 cm³/mol. The number of azide groups is 1. The van der Waals surface area contributed by atoms with Gasteiger partial charge in [-0.25, -0.2) is 0 Å². The first kappa shape index (κ1) is 14.9. The van der Waals surface area contributed by atoms with Gasteiger partial charge in [0.1, 0.15) is 0 Å². The molecule has 0 saturated carbocycles. The third-order valence-corrected chi connectivity index (χ3v) is 4.78. The van der Waals surface area contributed by atoms with Gasteiger partial charge in [-0.05, 0) is 49.8 Å². The molecule has 2 bridgehead atoms. The molecule has 1 unspecified atom stereocenters. The number of hydrogen-bond donors (Lipinski definition) is 1. The summed E-state index contributed by atoms with van der Waals surface area (Å²) in [4.78, 5) is 17.5. The molecule has 2 saturated heterocycles. The number of carbonyl (C=O) groups is 1. The maximum atomic E-state index is 12.8. The highest BCUT2D eigenvalue weighted by Gasteiger charge is 2.46. The summed E-state index contributed by atoms with van der Waals surface area (Å²) in [7, 11) is 0. The Kier molecular flexibility index (Phi) is 4.05. The topological polar surface area (TPSA) is 89.3 Å². The predicted octanol–water partition coefficient (Wildman–Crippen LogP) is 2.89. The van der Waals surface area contributed by atoms with E-state index in [0.29, 0.717) is 18.4 Å². The molecule has 0 radical (unpaired) electrons. The van der Waals surface area contributed by atoms with Crippen molar-refractivity contribution in [3.63, 3.8) is 0 Å². The van der Waals surface area contributed by atoms with E-state index in [1.807, 2.05) is 35.2 Å². The number of rotatable bonds is 3. The summed E-state index contributed by atoms with van der Waals surface area (Å²) >= 11 is 0. The van der Waals surface area contributed by atoms with Crippen molar-refractivity contribution in [2.24, 2.45) is 5.11 Å². The first-order chi connectivity index (χ1) is 10.6. The molecule has 0 aliphatic carbocycles. The SMILES string of the molecule is [N-]=[N+]=NCC1(O)C[C@H]2CCC[C@@H](C1)N2C(=O)c1ccccc1. The molecule has 22 heavy (non-hydrogen) atoms. The molecule has 1 N–H and O–H groups in total. The number of fused-ring (bicyclic) bond motifs is 2. The Morgan fingerprint density at radius 1 is 1.32 bits per heavy atom. The van der Waals surface area contributed by atoms with E-state index in [4.69, 9.17) is 5.53 Å². The summed E-state index contributed by atoms with van der Waals surface area (Å²) < 4.78 is 0. The van der Waals surface area contributed by atoms with E-state index in [1.54, 1.807) is 0 Å². The number of nitrogens with zero attached hydrogens (tertiary/aromatic N) is 4. The van der Waals surface area contributed by atoms with Crippen LogP contribution in [0.1, 0.15) is 42.5 Å². The van der Waals surface area contributed by atoms with E-state index < -0.39 is 5.60 Å². The summed E-state index contributed by atoms with van der Waals surface area (Å²) in [5.41, 5.74) is 8.20. The van der Waals surface area contributed by atoms with Gasteiger partial charge in [0, 0.05) is 22.6 Å². The molecule has 6 nitrogen and oxygen atoms in total. The second-order valence-electron chi connectivity index (χ2n) is 6.34. The van der Waals surface area contributed by atoms with E-state index >= 15 is 0 Å². The molecule has 2 aliphatic heterocycles. The Hall–Kier alpha value is -2.04. The zero-order valence-corrected chi connectivity index (χ0v) is 12.4. The van der Waals surface area contributed by atoms with Gasteiger partial charge in [0.05, 0.1) is 12.1 Å². The highest BCUT2D eigenvalue weighted by Crippen LogP contribution is 2.40. The van der Waals surface area contributed by atoms with Crippen molar-refractivity contribution in [1.82, 2.24) is 4.90 Å². The number of aliphatic hydroxyl groups is 1. The van der Waals surface area contributed by atoms with Crippen LogP contribution in [0.5, 0.6) is 0 Å². The van der Waals surface area contributed by atoms with Gasteiger partial charge in [0.25, 0.3) is 5.91 Å². The lowest BCUT2D eigenvalue weighted by Gasteiger charge is -2.51. The van der Waals surface area contributed by atoms with Crippen LogP contribution < -0.4 is 0 Å². The minimum Gasteiger partial charge on any atom is -0.390 e. The lowest BCUT2D eigenvalue weighted by Crippen LogP contribution is -2.60. The van der Waals surface area contributed by atoms with E-state index in [1.165, 1.54) is 0 Å². The Morgan fingerprint density at radius 2 is 1.95 bits per heavy atom. The Bertz CT molecular complexity index is 583. The third kappa shape index (κ3) is 2.80. The van der Waals surface area contributed by atoms with Crippen LogP contribution in [0.3, 0.4) is 0 Å². The molecule has 1 aromatic carbocycles. The summed E-state index contributed by atoms with van der Waals surface area (Å²) in [5.74, 6) is 0.0427. The van der Waals surface area contributed by atoms with Crippen molar-refractivity contribution in [3.05, 3.63) is 46.3 Å². The van der Waals surface area contributed by atoms with Crippen LogP contribution in [0.25, 0.3) is 10.4 Å². The van der Waals surface area contributed by atoms with Crippen LogP contribution in [0.4, 0.5) is 0 Å². The summed E-state index contributed by atoms with van der Waals surface area (Å²) in [6, 6.07) is 9.35.